The third kappa shape index (κ3) is 4.44. The Bertz CT molecular complexity index is 330. The molecular weight excluding hydrogens is 217 g/mol. The summed E-state index contributed by atoms with van der Waals surface area (Å²) in [6.07, 6.45) is 1.08. The van der Waals surface area contributed by atoms with Gasteiger partial charge in [0.2, 0.25) is 0 Å². The Hall–Kier alpha value is -0.930. The molecule has 0 aromatic heterocycles. The minimum atomic E-state index is -0.200. The van der Waals surface area contributed by atoms with Crippen molar-refractivity contribution in [2.75, 3.05) is 13.2 Å². The van der Waals surface area contributed by atoms with Crippen molar-refractivity contribution in [1.82, 2.24) is 5.32 Å². The van der Waals surface area contributed by atoms with E-state index in [0.717, 1.165) is 18.5 Å². The van der Waals surface area contributed by atoms with Gasteiger partial charge in [0, 0.05) is 6.61 Å². The quantitative estimate of drug-likeness (QED) is 0.788. The summed E-state index contributed by atoms with van der Waals surface area (Å²) in [6.45, 7) is 7.67. The van der Waals surface area contributed by atoms with E-state index in [1.54, 1.807) is 12.1 Å². The second-order valence-electron chi connectivity index (χ2n) is 4.15. The fourth-order valence-electron chi connectivity index (χ4n) is 1.91. The fraction of sp³-hybridized carbons (Fsp3) is 0.571. The standard InChI is InChI=1S/C14H22FNO/c1-4-9-16-14(11(3)17-5-2)12-7-6-8-13(15)10-12/h6-8,10-11,14,16H,4-5,9H2,1-3H3. The molecule has 1 aromatic rings. The average Bonchev–Trinajstić information content (AvgIpc) is 2.30. The largest absolute Gasteiger partial charge is 0.377 e. The van der Waals surface area contributed by atoms with Crippen LogP contribution in [0.1, 0.15) is 38.8 Å². The van der Waals surface area contributed by atoms with E-state index in [-0.39, 0.29) is 18.0 Å². The van der Waals surface area contributed by atoms with Crippen molar-refractivity contribution >= 4 is 0 Å². The summed E-state index contributed by atoms with van der Waals surface area (Å²) >= 11 is 0. The van der Waals surface area contributed by atoms with Crippen molar-refractivity contribution in [1.29, 1.82) is 0 Å². The first-order valence-electron chi connectivity index (χ1n) is 6.29. The predicted octanol–water partition coefficient (Wildman–Crippen LogP) is 3.29. The normalized spacial score (nSPS) is 14.6. The lowest BCUT2D eigenvalue weighted by Gasteiger charge is -2.25. The van der Waals surface area contributed by atoms with Gasteiger partial charge in [-0.05, 0) is 44.5 Å². The van der Waals surface area contributed by atoms with Gasteiger partial charge in [0.05, 0.1) is 12.1 Å². The molecule has 0 aliphatic rings. The lowest BCUT2D eigenvalue weighted by atomic mass is 10.0. The highest BCUT2D eigenvalue weighted by molar-refractivity contribution is 5.21. The van der Waals surface area contributed by atoms with E-state index in [2.05, 4.69) is 12.2 Å². The molecule has 17 heavy (non-hydrogen) atoms. The highest BCUT2D eigenvalue weighted by Crippen LogP contribution is 2.20. The van der Waals surface area contributed by atoms with Gasteiger partial charge in [0.1, 0.15) is 5.82 Å². The molecule has 0 bridgehead atoms. The number of benzene rings is 1. The van der Waals surface area contributed by atoms with E-state index in [9.17, 15) is 4.39 Å². The molecule has 0 saturated carbocycles. The van der Waals surface area contributed by atoms with Crippen LogP contribution in [0.2, 0.25) is 0 Å². The molecule has 3 heteroatoms. The summed E-state index contributed by atoms with van der Waals surface area (Å²) in [5.41, 5.74) is 0.944. The van der Waals surface area contributed by atoms with Crippen LogP contribution in [-0.4, -0.2) is 19.3 Å². The second-order valence-corrected chi connectivity index (χ2v) is 4.15. The van der Waals surface area contributed by atoms with Crippen LogP contribution in [0.4, 0.5) is 4.39 Å². The molecule has 2 unspecified atom stereocenters. The van der Waals surface area contributed by atoms with Crippen molar-refractivity contribution in [3.63, 3.8) is 0 Å². The summed E-state index contributed by atoms with van der Waals surface area (Å²) in [6, 6.07) is 6.76. The molecule has 0 heterocycles. The smallest absolute Gasteiger partial charge is 0.123 e. The molecule has 0 fully saturated rings. The second kappa shape index (κ2) is 7.41. The molecule has 2 nitrogen and oxygen atoms in total. The Morgan fingerprint density at radius 2 is 2.12 bits per heavy atom. The van der Waals surface area contributed by atoms with Crippen molar-refractivity contribution in [3.05, 3.63) is 35.6 Å². The Kier molecular flexibility index (Phi) is 6.16. The molecule has 0 aliphatic carbocycles. The van der Waals surface area contributed by atoms with Gasteiger partial charge in [-0.25, -0.2) is 4.39 Å². The number of hydrogen-bond donors (Lipinski definition) is 1. The Labute approximate surface area is 103 Å². The predicted molar refractivity (Wildman–Crippen MR) is 68.5 cm³/mol. The maximum atomic E-state index is 13.2. The minimum Gasteiger partial charge on any atom is -0.377 e. The van der Waals surface area contributed by atoms with Gasteiger partial charge in [0.15, 0.2) is 0 Å². The molecular formula is C14H22FNO. The van der Waals surface area contributed by atoms with Crippen LogP contribution in [-0.2, 0) is 4.74 Å². The zero-order valence-corrected chi connectivity index (χ0v) is 10.9. The van der Waals surface area contributed by atoms with E-state index >= 15 is 0 Å². The molecule has 0 spiro atoms. The first-order valence-corrected chi connectivity index (χ1v) is 6.29. The van der Waals surface area contributed by atoms with Crippen LogP contribution < -0.4 is 5.32 Å². The van der Waals surface area contributed by atoms with E-state index in [1.165, 1.54) is 6.07 Å². The summed E-state index contributed by atoms with van der Waals surface area (Å²) in [4.78, 5) is 0. The molecule has 0 saturated heterocycles. The van der Waals surface area contributed by atoms with Crippen LogP contribution in [0.25, 0.3) is 0 Å². The highest BCUT2D eigenvalue weighted by atomic mass is 19.1. The number of nitrogens with one attached hydrogen (secondary N) is 1. The van der Waals surface area contributed by atoms with E-state index < -0.39 is 0 Å². The van der Waals surface area contributed by atoms with Gasteiger partial charge in [-0.1, -0.05) is 19.1 Å². The molecule has 96 valence electrons. The third-order valence-corrected chi connectivity index (χ3v) is 2.72. The molecule has 1 aromatic carbocycles. The Morgan fingerprint density at radius 3 is 2.71 bits per heavy atom. The van der Waals surface area contributed by atoms with Crippen molar-refractivity contribution in [2.45, 2.75) is 39.3 Å². The zero-order valence-electron chi connectivity index (χ0n) is 10.9. The van der Waals surface area contributed by atoms with E-state index in [4.69, 9.17) is 4.74 Å². The molecule has 0 amide bonds. The molecule has 0 radical (unpaired) electrons. The van der Waals surface area contributed by atoms with Gasteiger partial charge >= 0.3 is 0 Å². The zero-order chi connectivity index (χ0) is 12.7. The Balaban J connectivity index is 2.81. The van der Waals surface area contributed by atoms with E-state index in [0.29, 0.717) is 6.61 Å². The van der Waals surface area contributed by atoms with Crippen LogP contribution in [0, 0.1) is 5.82 Å². The van der Waals surface area contributed by atoms with Gasteiger partial charge in [-0.2, -0.15) is 0 Å². The van der Waals surface area contributed by atoms with Gasteiger partial charge in [-0.3, -0.25) is 0 Å². The van der Waals surface area contributed by atoms with Crippen LogP contribution in [0.15, 0.2) is 24.3 Å². The fourth-order valence-corrected chi connectivity index (χ4v) is 1.91. The first kappa shape index (κ1) is 14.1. The third-order valence-electron chi connectivity index (χ3n) is 2.72. The molecule has 2 atom stereocenters. The summed E-state index contributed by atoms with van der Waals surface area (Å²) < 4.78 is 18.8. The summed E-state index contributed by atoms with van der Waals surface area (Å²) in [7, 11) is 0. The Morgan fingerprint density at radius 1 is 1.35 bits per heavy atom. The highest BCUT2D eigenvalue weighted by Gasteiger charge is 2.19. The maximum Gasteiger partial charge on any atom is 0.123 e. The van der Waals surface area contributed by atoms with Crippen LogP contribution in [0.5, 0.6) is 0 Å². The topological polar surface area (TPSA) is 21.3 Å². The minimum absolute atomic E-state index is 0.0355. The maximum absolute atomic E-state index is 13.2. The lowest BCUT2D eigenvalue weighted by Crippen LogP contribution is -2.32. The number of hydrogen-bond acceptors (Lipinski definition) is 2. The van der Waals surface area contributed by atoms with Crippen molar-refractivity contribution in [3.8, 4) is 0 Å². The van der Waals surface area contributed by atoms with Crippen LogP contribution >= 0.6 is 0 Å². The van der Waals surface area contributed by atoms with Gasteiger partial charge < -0.3 is 10.1 Å². The SMILES string of the molecule is CCCNC(c1cccc(F)c1)C(C)OCC. The lowest BCUT2D eigenvalue weighted by molar-refractivity contribution is 0.0472. The number of ether oxygens (including phenoxy) is 1. The van der Waals surface area contributed by atoms with Crippen molar-refractivity contribution in [2.24, 2.45) is 0 Å². The first-order chi connectivity index (χ1) is 8.19. The number of halogens is 1. The average molecular weight is 239 g/mol. The van der Waals surface area contributed by atoms with Gasteiger partial charge in [-0.15, -0.1) is 0 Å². The van der Waals surface area contributed by atoms with Crippen LogP contribution in [0.3, 0.4) is 0 Å². The molecule has 1 N–H and O–H groups in total. The number of rotatable bonds is 7. The van der Waals surface area contributed by atoms with Gasteiger partial charge in [0.25, 0.3) is 0 Å². The molecule has 0 aliphatic heterocycles. The summed E-state index contributed by atoms with van der Waals surface area (Å²) in [5, 5.41) is 3.41. The summed E-state index contributed by atoms with van der Waals surface area (Å²) in [5.74, 6) is -0.200. The van der Waals surface area contributed by atoms with E-state index in [1.807, 2.05) is 19.9 Å². The monoisotopic (exact) mass is 239 g/mol. The molecule has 1 rings (SSSR count). The van der Waals surface area contributed by atoms with Crippen molar-refractivity contribution < 1.29 is 9.13 Å².